The summed E-state index contributed by atoms with van der Waals surface area (Å²) in [4.78, 5) is 23.1. The molecule has 2 rings (SSSR count). The monoisotopic (exact) mass is 477 g/mol. The standard InChI is InChI=1S/C19H19F4N3O5S/c1-12(31-15-7-5-14(20)6-8-15)18(28)26-25-17(27)9-10-24-32(29,30)16-4-2-3-13(11-16)19(21,22)23/h2-8,11-12,24H,9-10H2,1H3,(H,25,27)(H,26,28)/t12-/m1/s1. The molecule has 0 aromatic heterocycles. The third-order valence-corrected chi connectivity index (χ3v) is 5.40. The zero-order valence-electron chi connectivity index (χ0n) is 16.6. The summed E-state index contributed by atoms with van der Waals surface area (Å²) in [7, 11) is -4.29. The van der Waals surface area contributed by atoms with Gasteiger partial charge in [0, 0.05) is 13.0 Å². The van der Waals surface area contributed by atoms with E-state index in [1.165, 1.54) is 19.1 Å². The lowest BCUT2D eigenvalue weighted by molar-refractivity contribution is -0.137. The summed E-state index contributed by atoms with van der Waals surface area (Å²) in [6.07, 6.45) is -6.16. The highest BCUT2D eigenvalue weighted by Crippen LogP contribution is 2.30. The highest BCUT2D eigenvalue weighted by Gasteiger charge is 2.31. The number of sulfonamides is 1. The normalized spacial score (nSPS) is 12.7. The second-order valence-corrected chi connectivity index (χ2v) is 8.19. The van der Waals surface area contributed by atoms with E-state index in [2.05, 4.69) is 10.9 Å². The number of hydrogen-bond acceptors (Lipinski definition) is 5. The Morgan fingerprint density at radius 3 is 2.34 bits per heavy atom. The van der Waals surface area contributed by atoms with Crippen LogP contribution in [-0.4, -0.2) is 32.9 Å². The predicted molar refractivity (Wildman–Crippen MR) is 104 cm³/mol. The molecule has 3 N–H and O–H groups in total. The number of alkyl halides is 3. The average Bonchev–Trinajstić information content (AvgIpc) is 2.73. The van der Waals surface area contributed by atoms with Crippen LogP contribution < -0.4 is 20.3 Å². The maximum Gasteiger partial charge on any atom is 0.416 e. The highest BCUT2D eigenvalue weighted by molar-refractivity contribution is 7.89. The molecule has 0 aliphatic rings. The van der Waals surface area contributed by atoms with Gasteiger partial charge in [0.1, 0.15) is 11.6 Å². The first-order valence-corrected chi connectivity index (χ1v) is 10.5. The Balaban J connectivity index is 1.79. The van der Waals surface area contributed by atoms with Gasteiger partial charge in [-0.05, 0) is 49.4 Å². The molecule has 0 radical (unpaired) electrons. The fourth-order valence-corrected chi connectivity index (χ4v) is 3.37. The van der Waals surface area contributed by atoms with Gasteiger partial charge < -0.3 is 4.74 Å². The number of halogens is 4. The van der Waals surface area contributed by atoms with Crippen molar-refractivity contribution in [2.24, 2.45) is 0 Å². The lowest BCUT2D eigenvalue weighted by atomic mass is 10.2. The molecule has 0 saturated carbocycles. The molecule has 0 spiro atoms. The second-order valence-electron chi connectivity index (χ2n) is 6.42. The number of nitrogens with one attached hydrogen (secondary N) is 3. The molecule has 0 aliphatic heterocycles. The molecule has 2 aromatic rings. The first-order chi connectivity index (χ1) is 14.9. The van der Waals surface area contributed by atoms with Crippen LogP contribution >= 0.6 is 0 Å². The van der Waals surface area contributed by atoms with Gasteiger partial charge >= 0.3 is 6.18 Å². The van der Waals surface area contributed by atoms with Crippen LogP contribution in [0, 0.1) is 5.82 Å². The Kier molecular flexibility index (Phi) is 8.16. The third-order valence-electron chi connectivity index (χ3n) is 3.94. The van der Waals surface area contributed by atoms with Crippen LogP contribution in [0.2, 0.25) is 0 Å². The molecule has 0 heterocycles. The van der Waals surface area contributed by atoms with Gasteiger partial charge in [-0.1, -0.05) is 6.07 Å². The van der Waals surface area contributed by atoms with E-state index in [1.807, 2.05) is 4.72 Å². The second kappa shape index (κ2) is 10.4. The summed E-state index contributed by atoms with van der Waals surface area (Å²) in [5.74, 6) is -1.75. The Labute approximate surface area is 181 Å². The molecular formula is C19H19F4N3O5S. The molecule has 174 valence electrons. The molecular weight excluding hydrogens is 458 g/mol. The van der Waals surface area contributed by atoms with Crippen LogP contribution in [0.1, 0.15) is 18.9 Å². The van der Waals surface area contributed by atoms with Gasteiger partial charge in [0.25, 0.3) is 5.91 Å². The van der Waals surface area contributed by atoms with Gasteiger partial charge in [-0.3, -0.25) is 20.4 Å². The van der Waals surface area contributed by atoms with Gasteiger partial charge in [-0.2, -0.15) is 13.2 Å². The lowest BCUT2D eigenvalue weighted by Crippen LogP contribution is -2.47. The molecule has 0 saturated heterocycles. The SMILES string of the molecule is C[C@@H](Oc1ccc(F)cc1)C(=O)NNC(=O)CCNS(=O)(=O)c1cccc(C(F)(F)F)c1. The van der Waals surface area contributed by atoms with E-state index in [0.717, 1.165) is 30.3 Å². The largest absolute Gasteiger partial charge is 0.481 e. The van der Waals surface area contributed by atoms with E-state index in [4.69, 9.17) is 4.74 Å². The van der Waals surface area contributed by atoms with Crippen LogP contribution in [0.5, 0.6) is 5.75 Å². The van der Waals surface area contributed by atoms with E-state index in [0.29, 0.717) is 6.07 Å². The molecule has 13 heteroatoms. The number of carbonyl (C=O) groups is 2. The van der Waals surface area contributed by atoms with Crippen LogP contribution in [0.3, 0.4) is 0 Å². The molecule has 2 aromatic carbocycles. The zero-order chi connectivity index (χ0) is 23.9. The van der Waals surface area contributed by atoms with E-state index in [1.54, 1.807) is 0 Å². The maximum atomic E-state index is 12.9. The number of rotatable bonds is 8. The Morgan fingerprint density at radius 1 is 1.06 bits per heavy atom. The summed E-state index contributed by atoms with van der Waals surface area (Å²) in [5, 5.41) is 0. The summed E-state index contributed by atoms with van der Waals surface area (Å²) in [6.45, 7) is 0.954. The average molecular weight is 477 g/mol. The van der Waals surface area contributed by atoms with Gasteiger partial charge in [-0.25, -0.2) is 17.5 Å². The number of amides is 2. The molecule has 2 amide bonds. The fourth-order valence-electron chi connectivity index (χ4n) is 2.29. The smallest absolute Gasteiger partial charge is 0.416 e. The van der Waals surface area contributed by atoms with Gasteiger partial charge in [0.2, 0.25) is 15.9 Å². The van der Waals surface area contributed by atoms with Crippen molar-refractivity contribution >= 4 is 21.8 Å². The zero-order valence-corrected chi connectivity index (χ0v) is 17.4. The minimum absolute atomic E-state index is 0.226. The van der Waals surface area contributed by atoms with E-state index >= 15 is 0 Å². The molecule has 0 unspecified atom stereocenters. The Morgan fingerprint density at radius 2 is 1.72 bits per heavy atom. The Bertz CT molecular complexity index is 1060. The molecule has 1 atom stereocenters. The molecule has 0 aliphatic carbocycles. The predicted octanol–water partition coefficient (Wildman–Crippen LogP) is 2.13. The van der Waals surface area contributed by atoms with Crippen molar-refractivity contribution < 1.29 is 40.3 Å². The number of hydrazine groups is 1. The topological polar surface area (TPSA) is 114 Å². The van der Waals surface area contributed by atoms with Crippen molar-refractivity contribution in [1.82, 2.24) is 15.6 Å². The number of carbonyl (C=O) groups excluding carboxylic acids is 2. The highest BCUT2D eigenvalue weighted by atomic mass is 32.2. The van der Waals surface area contributed by atoms with E-state index in [-0.39, 0.29) is 5.75 Å². The van der Waals surface area contributed by atoms with E-state index in [9.17, 15) is 35.6 Å². The van der Waals surface area contributed by atoms with Crippen molar-refractivity contribution in [2.45, 2.75) is 30.5 Å². The summed E-state index contributed by atoms with van der Waals surface area (Å²) >= 11 is 0. The van der Waals surface area contributed by atoms with Gasteiger partial charge in [0.05, 0.1) is 10.5 Å². The first-order valence-electron chi connectivity index (χ1n) is 9.06. The molecule has 32 heavy (non-hydrogen) atoms. The molecule has 8 nitrogen and oxygen atoms in total. The molecule has 0 fully saturated rings. The van der Waals surface area contributed by atoms with Gasteiger partial charge in [-0.15, -0.1) is 0 Å². The minimum Gasteiger partial charge on any atom is -0.481 e. The van der Waals surface area contributed by atoms with Crippen molar-refractivity contribution in [3.8, 4) is 5.75 Å². The number of benzene rings is 2. The molecule has 0 bridgehead atoms. The summed E-state index contributed by atoms with van der Waals surface area (Å²) in [5.41, 5.74) is 3.00. The van der Waals surface area contributed by atoms with Crippen molar-refractivity contribution in [3.63, 3.8) is 0 Å². The van der Waals surface area contributed by atoms with Crippen LogP contribution in [0.15, 0.2) is 53.4 Å². The first kappa shape index (κ1) is 25.1. The number of ether oxygens (including phenoxy) is 1. The third kappa shape index (κ3) is 7.50. The van der Waals surface area contributed by atoms with Crippen LogP contribution in [-0.2, 0) is 25.8 Å². The van der Waals surface area contributed by atoms with Crippen LogP contribution in [0.25, 0.3) is 0 Å². The van der Waals surface area contributed by atoms with Crippen molar-refractivity contribution in [3.05, 3.63) is 59.9 Å². The van der Waals surface area contributed by atoms with E-state index < -0.39 is 63.4 Å². The fraction of sp³-hybridized carbons (Fsp3) is 0.263. The quantitative estimate of drug-likeness (QED) is 0.398. The Hall–Kier alpha value is -3.19. The maximum absolute atomic E-state index is 12.9. The van der Waals surface area contributed by atoms with Gasteiger partial charge in [0.15, 0.2) is 6.10 Å². The van der Waals surface area contributed by atoms with Crippen molar-refractivity contribution in [2.75, 3.05) is 6.54 Å². The summed E-state index contributed by atoms with van der Waals surface area (Å²) < 4.78 is 82.6. The lowest BCUT2D eigenvalue weighted by Gasteiger charge is -2.15. The minimum atomic E-state index is -4.71. The summed E-state index contributed by atoms with van der Waals surface area (Å²) in [6, 6.07) is 8.06. The van der Waals surface area contributed by atoms with Crippen LogP contribution in [0.4, 0.5) is 17.6 Å². The van der Waals surface area contributed by atoms with Crippen molar-refractivity contribution in [1.29, 1.82) is 0 Å². The number of hydrogen-bond donors (Lipinski definition) is 3.